The van der Waals surface area contributed by atoms with Crippen molar-refractivity contribution in [1.29, 1.82) is 0 Å². The number of halogens is 1. The van der Waals surface area contributed by atoms with E-state index in [4.69, 9.17) is 11.6 Å². The number of hydrogen-bond acceptors (Lipinski definition) is 5. The maximum Gasteiger partial charge on any atom is 0.263 e. The zero-order valence-corrected chi connectivity index (χ0v) is 13.5. The van der Waals surface area contributed by atoms with Crippen LogP contribution < -0.4 is 9.91 Å². The second-order valence-electron chi connectivity index (χ2n) is 5.72. The van der Waals surface area contributed by atoms with Gasteiger partial charge in [-0.05, 0) is 36.8 Å². The molecule has 2 atom stereocenters. The number of imide groups is 1. The first-order valence-electron chi connectivity index (χ1n) is 7.47. The van der Waals surface area contributed by atoms with E-state index in [1.54, 1.807) is 18.2 Å². The highest BCUT2D eigenvalue weighted by Crippen LogP contribution is 2.35. The Morgan fingerprint density at radius 2 is 1.75 bits per heavy atom. The van der Waals surface area contributed by atoms with Gasteiger partial charge in [0.05, 0.1) is 11.4 Å². The summed E-state index contributed by atoms with van der Waals surface area (Å²) < 4.78 is 0. The predicted molar refractivity (Wildman–Crippen MR) is 90.0 cm³/mol. The Morgan fingerprint density at radius 3 is 2.46 bits per heavy atom. The molecule has 1 fully saturated rings. The molecule has 2 aliphatic rings. The molecule has 0 unspecified atom stereocenters. The van der Waals surface area contributed by atoms with E-state index in [9.17, 15) is 9.59 Å². The largest absolute Gasteiger partial charge is 0.271 e. The minimum absolute atomic E-state index is 0.348. The summed E-state index contributed by atoms with van der Waals surface area (Å²) in [6.07, 6.45) is 0. The molecule has 0 radical (unpaired) electrons. The zero-order valence-electron chi connectivity index (χ0n) is 12.8. The number of amides is 2. The molecule has 2 aromatic carbocycles. The van der Waals surface area contributed by atoms with Crippen molar-refractivity contribution in [2.75, 3.05) is 9.91 Å². The summed E-state index contributed by atoms with van der Waals surface area (Å²) in [7, 11) is 0. The standard InChI is InChI=1S/C17H13ClN4O2/c1-10-7-8-12(9-13(10)18)21-16(23)14-15(17(21)24)22(20-19-14)11-5-3-2-4-6-11/h2-9,14-15H,1H3/t14-,15-/m1/s1. The molecule has 2 aromatic rings. The van der Waals surface area contributed by atoms with Crippen molar-refractivity contribution in [3.8, 4) is 0 Å². The minimum Gasteiger partial charge on any atom is -0.271 e. The maximum atomic E-state index is 12.9. The Morgan fingerprint density at radius 1 is 1.00 bits per heavy atom. The predicted octanol–water partition coefficient (Wildman–Crippen LogP) is 3.15. The zero-order chi connectivity index (χ0) is 16.8. The van der Waals surface area contributed by atoms with Crippen LogP contribution in [0.1, 0.15) is 5.56 Å². The first-order valence-corrected chi connectivity index (χ1v) is 7.85. The normalized spacial score (nSPS) is 22.4. The van der Waals surface area contributed by atoms with Crippen LogP contribution >= 0.6 is 11.6 Å². The summed E-state index contributed by atoms with van der Waals surface area (Å²) in [5.41, 5.74) is 2.06. The molecular weight excluding hydrogens is 328 g/mol. The van der Waals surface area contributed by atoms with E-state index in [0.29, 0.717) is 10.7 Å². The van der Waals surface area contributed by atoms with Crippen molar-refractivity contribution in [3.63, 3.8) is 0 Å². The highest BCUT2D eigenvalue weighted by atomic mass is 35.5. The quantitative estimate of drug-likeness (QED) is 0.789. The van der Waals surface area contributed by atoms with E-state index >= 15 is 0 Å². The van der Waals surface area contributed by atoms with Crippen LogP contribution in [0.5, 0.6) is 0 Å². The monoisotopic (exact) mass is 340 g/mol. The number of fused-ring (bicyclic) bond motifs is 1. The summed E-state index contributed by atoms with van der Waals surface area (Å²) in [5, 5.41) is 10.0. The Kier molecular flexibility index (Phi) is 3.35. The van der Waals surface area contributed by atoms with E-state index in [-0.39, 0.29) is 11.8 Å². The van der Waals surface area contributed by atoms with Crippen LogP contribution in [0.25, 0.3) is 0 Å². The van der Waals surface area contributed by atoms with Crippen LogP contribution in [0.15, 0.2) is 58.9 Å². The Bertz CT molecular complexity index is 868. The maximum absolute atomic E-state index is 12.9. The van der Waals surface area contributed by atoms with E-state index in [1.165, 1.54) is 5.01 Å². The number of carbonyl (C=O) groups is 2. The highest BCUT2D eigenvalue weighted by Gasteiger charge is 2.55. The van der Waals surface area contributed by atoms with Crippen LogP contribution in [0.4, 0.5) is 11.4 Å². The van der Waals surface area contributed by atoms with E-state index in [0.717, 1.165) is 16.2 Å². The van der Waals surface area contributed by atoms with E-state index in [1.807, 2.05) is 37.3 Å². The number of rotatable bonds is 2. The fraction of sp³-hybridized carbons (Fsp3) is 0.176. The number of benzene rings is 2. The molecule has 4 rings (SSSR count). The highest BCUT2D eigenvalue weighted by molar-refractivity contribution is 6.32. The molecule has 24 heavy (non-hydrogen) atoms. The van der Waals surface area contributed by atoms with Crippen molar-refractivity contribution in [2.24, 2.45) is 10.3 Å². The number of aryl methyl sites for hydroxylation is 1. The van der Waals surface area contributed by atoms with E-state index in [2.05, 4.69) is 10.3 Å². The molecule has 0 aromatic heterocycles. The molecule has 0 N–H and O–H groups in total. The van der Waals surface area contributed by atoms with Crippen LogP contribution in [0.3, 0.4) is 0 Å². The van der Waals surface area contributed by atoms with Gasteiger partial charge in [0, 0.05) is 5.02 Å². The second-order valence-corrected chi connectivity index (χ2v) is 6.13. The molecule has 0 aliphatic carbocycles. The van der Waals surface area contributed by atoms with Crippen molar-refractivity contribution in [1.82, 2.24) is 0 Å². The van der Waals surface area contributed by atoms with Gasteiger partial charge < -0.3 is 0 Å². The third-order valence-corrected chi connectivity index (χ3v) is 4.62. The Hall–Kier alpha value is -2.73. The lowest BCUT2D eigenvalue weighted by atomic mass is 10.1. The molecule has 1 saturated heterocycles. The van der Waals surface area contributed by atoms with Crippen molar-refractivity contribution < 1.29 is 9.59 Å². The molecule has 6 nitrogen and oxygen atoms in total. The van der Waals surface area contributed by atoms with Gasteiger partial charge in [0.15, 0.2) is 12.1 Å². The average molecular weight is 341 g/mol. The number of carbonyl (C=O) groups excluding carboxylic acids is 2. The number of para-hydroxylation sites is 1. The van der Waals surface area contributed by atoms with Gasteiger partial charge in [-0.1, -0.05) is 41.1 Å². The lowest BCUT2D eigenvalue weighted by Crippen LogP contribution is -2.39. The summed E-state index contributed by atoms with van der Waals surface area (Å²) in [5.74, 6) is -0.731. The Labute approximate surface area is 143 Å². The summed E-state index contributed by atoms with van der Waals surface area (Å²) >= 11 is 6.13. The molecule has 2 heterocycles. The SMILES string of the molecule is Cc1ccc(N2C(=O)[C@@H]3N=NN(c4ccccc4)[C@H]3C2=O)cc1Cl. The van der Waals surface area contributed by atoms with Crippen molar-refractivity contribution in [3.05, 3.63) is 59.1 Å². The fourth-order valence-electron chi connectivity index (χ4n) is 2.93. The molecule has 7 heteroatoms. The van der Waals surface area contributed by atoms with Crippen LogP contribution in [-0.2, 0) is 9.59 Å². The molecule has 2 amide bonds. The van der Waals surface area contributed by atoms with Gasteiger partial charge in [-0.15, -0.1) is 0 Å². The lowest BCUT2D eigenvalue weighted by Gasteiger charge is -2.20. The summed E-state index contributed by atoms with van der Waals surface area (Å²) in [6.45, 7) is 1.86. The minimum atomic E-state index is -0.821. The van der Waals surface area contributed by atoms with Gasteiger partial charge in [0.25, 0.3) is 11.8 Å². The molecule has 0 spiro atoms. The third kappa shape index (κ3) is 2.11. The number of nitrogens with zero attached hydrogens (tertiary/aromatic N) is 4. The first-order chi connectivity index (χ1) is 11.6. The van der Waals surface area contributed by atoms with Gasteiger partial charge in [0.1, 0.15) is 0 Å². The summed E-state index contributed by atoms with van der Waals surface area (Å²) in [4.78, 5) is 26.7. The van der Waals surface area contributed by atoms with E-state index < -0.39 is 12.1 Å². The van der Waals surface area contributed by atoms with Crippen molar-refractivity contribution >= 4 is 34.8 Å². The first kappa shape index (κ1) is 14.8. The van der Waals surface area contributed by atoms with Crippen LogP contribution in [-0.4, -0.2) is 23.9 Å². The van der Waals surface area contributed by atoms with Gasteiger partial charge >= 0.3 is 0 Å². The fourth-order valence-corrected chi connectivity index (χ4v) is 3.10. The Balaban J connectivity index is 1.72. The second kappa shape index (κ2) is 5.42. The van der Waals surface area contributed by atoms with Crippen LogP contribution in [0, 0.1) is 6.92 Å². The van der Waals surface area contributed by atoms with Gasteiger partial charge in [-0.2, -0.15) is 5.11 Å². The molecular formula is C17H13ClN4O2. The molecule has 0 saturated carbocycles. The number of anilines is 2. The molecule has 2 aliphatic heterocycles. The van der Waals surface area contributed by atoms with Crippen LogP contribution in [0.2, 0.25) is 5.02 Å². The summed E-state index contributed by atoms with van der Waals surface area (Å²) in [6, 6.07) is 12.7. The molecule has 0 bridgehead atoms. The molecule has 120 valence electrons. The lowest BCUT2D eigenvalue weighted by molar-refractivity contribution is -0.121. The smallest absolute Gasteiger partial charge is 0.263 e. The average Bonchev–Trinajstić information content (AvgIpc) is 3.12. The van der Waals surface area contributed by atoms with Crippen molar-refractivity contribution in [2.45, 2.75) is 19.0 Å². The van der Waals surface area contributed by atoms with Gasteiger partial charge in [0.2, 0.25) is 0 Å². The van der Waals surface area contributed by atoms with Gasteiger partial charge in [-0.25, -0.2) is 9.91 Å². The number of hydrogen-bond donors (Lipinski definition) is 0. The topological polar surface area (TPSA) is 65.3 Å². The van der Waals surface area contributed by atoms with Gasteiger partial charge in [-0.3, -0.25) is 9.59 Å². The third-order valence-electron chi connectivity index (χ3n) is 4.22.